The van der Waals surface area contributed by atoms with Gasteiger partial charge in [0.15, 0.2) is 0 Å². The van der Waals surface area contributed by atoms with Crippen LogP contribution in [0.4, 0.5) is 0 Å². The minimum absolute atomic E-state index is 0.152. The van der Waals surface area contributed by atoms with Crippen LogP contribution in [0.3, 0.4) is 0 Å². The van der Waals surface area contributed by atoms with Gasteiger partial charge in [-0.05, 0) is 5.92 Å². The predicted molar refractivity (Wildman–Crippen MR) is 52.0 cm³/mol. The van der Waals surface area contributed by atoms with E-state index in [9.17, 15) is 9.90 Å². The normalized spacial score (nSPS) is 15.5. The topological polar surface area (TPSA) is 89.8 Å². The van der Waals surface area contributed by atoms with E-state index in [0.29, 0.717) is 6.54 Å². The maximum Gasteiger partial charge on any atom is 0.306 e. The van der Waals surface area contributed by atoms with Gasteiger partial charge in [-0.2, -0.15) is 0 Å². The van der Waals surface area contributed by atoms with Crippen LogP contribution in [-0.4, -0.2) is 46.6 Å². The summed E-state index contributed by atoms with van der Waals surface area (Å²) in [6, 6.07) is 0. The van der Waals surface area contributed by atoms with Crippen molar-refractivity contribution in [3.63, 3.8) is 0 Å². The van der Waals surface area contributed by atoms with E-state index in [2.05, 4.69) is 5.32 Å². The van der Waals surface area contributed by atoms with Crippen molar-refractivity contribution in [2.24, 2.45) is 5.92 Å². The number of hydrogen-bond donors (Lipinski definition) is 4. The van der Waals surface area contributed by atoms with Gasteiger partial charge in [0.1, 0.15) is 0 Å². The smallest absolute Gasteiger partial charge is 0.306 e. The monoisotopic (exact) mass is 205 g/mol. The SMILES string of the molecule is CC(C)C(O)CNCC(O)CC(=O)O. The van der Waals surface area contributed by atoms with Crippen LogP contribution in [0.25, 0.3) is 0 Å². The zero-order chi connectivity index (χ0) is 11.1. The minimum atomic E-state index is -1.02. The third-order valence-electron chi connectivity index (χ3n) is 1.91. The predicted octanol–water partition coefficient (Wildman–Crippen LogP) is -0.571. The Kier molecular flexibility index (Phi) is 6.44. The maximum atomic E-state index is 10.2. The highest BCUT2D eigenvalue weighted by Gasteiger charge is 2.11. The molecule has 0 aromatic heterocycles. The fourth-order valence-electron chi connectivity index (χ4n) is 0.907. The highest BCUT2D eigenvalue weighted by Crippen LogP contribution is 1.99. The lowest BCUT2D eigenvalue weighted by atomic mass is 10.1. The molecule has 0 heterocycles. The van der Waals surface area contributed by atoms with Gasteiger partial charge < -0.3 is 20.6 Å². The molecular weight excluding hydrogens is 186 g/mol. The summed E-state index contributed by atoms with van der Waals surface area (Å²) in [5.74, 6) is -0.872. The number of rotatable bonds is 7. The van der Waals surface area contributed by atoms with Crippen LogP contribution in [0.1, 0.15) is 20.3 Å². The lowest BCUT2D eigenvalue weighted by Crippen LogP contribution is -2.36. The summed E-state index contributed by atoms with van der Waals surface area (Å²) in [5.41, 5.74) is 0. The lowest BCUT2D eigenvalue weighted by Gasteiger charge is -2.16. The van der Waals surface area contributed by atoms with E-state index in [1.165, 1.54) is 0 Å². The lowest BCUT2D eigenvalue weighted by molar-refractivity contribution is -0.139. The highest BCUT2D eigenvalue weighted by atomic mass is 16.4. The molecule has 0 aromatic carbocycles. The van der Waals surface area contributed by atoms with Gasteiger partial charge in [0.2, 0.25) is 0 Å². The summed E-state index contributed by atoms with van der Waals surface area (Å²) in [4.78, 5) is 10.2. The summed E-state index contributed by atoms with van der Waals surface area (Å²) in [6.07, 6.45) is -1.64. The molecule has 84 valence electrons. The number of aliphatic hydroxyl groups is 2. The van der Waals surface area contributed by atoms with Crippen LogP contribution in [0, 0.1) is 5.92 Å². The van der Waals surface area contributed by atoms with Crippen LogP contribution in [-0.2, 0) is 4.79 Å². The second kappa shape index (κ2) is 6.75. The molecule has 2 atom stereocenters. The van der Waals surface area contributed by atoms with Crippen molar-refractivity contribution in [2.75, 3.05) is 13.1 Å². The van der Waals surface area contributed by atoms with E-state index in [1.807, 2.05) is 13.8 Å². The quantitative estimate of drug-likeness (QED) is 0.447. The molecule has 2 unspecified atom stereocenters. The van der Waals surface area contributed by atoms with Gasteiger partial charge in [-0.3, -0.25) is 4.79 Å². The van der Waals surface area contributed by atoms with Crippen molar-refractivity contribution >= 4 is 5.97 Å². The van der Waals surface area contributed by atoms with Gasteiger partial charge in [0.05, 0.1) is 18.6 Å². The molecule has 0 saturated carbocycles. The van der Waals surface area contributed by atoms with Gasteiger partial charge >= 0.3 is 5.97 Å². The number of carbonyl (C=O) groups is 1. The summed E-state index contributed by atoms with van der Waals surface area (Å²) >= 11 is 0. The Bertz CT molecular complexity index is 172. The number of aliphatic carboxylic acids is 1. The van der Waals surface area contributed by atoms with Gasteiger partial charge in [0.25, 0.3) is 0 Å². The Morgan fingerprint density at radius 2 is 1.86 bits per heavy atom. The average Bonchev–Trinajstić information content (AvgIpc) is 2.02. The van der Waals surface area contributed by atoms with E-state index >= 15 is 0 Å². The first-order valence-corrected chi connectivity index (χ1v) is 4.72. The summed E-state index contributed by atoms with van der Waals surface area (Å²) in [6.45, 7) is 4.34. The minimum Gasteiger partial charge on any atom is -0.481 e. The molecule has 0 saturated heterocycles. The first-order valence-electron chi connectivity index (χ1n) is 4.72. The van der Waals surface area contributed by atoms with E-state index in [-0.39, 0.29) is 18.9 Å². The van der Waals surface area contributed by atoms with Gasteiger partial charge in [-0.25, -0.2) is 0 Å². The second-order valence-corrected chi connectivity index (χ2v) is 3.72. The van der Waals surface area contributed by atoms with E-state index < -0.39 is 18.2 Å². The van der Waals surface area contributed by atoms with Crippen molar-refractivity contribution in [1.82, 2.24) is 5.32 Å². The third-order valence-corrected chi connectivity index (χ3v) is 1.91. The summed E-state index contributed by atoms with van der Waals surface area (Å²) in [7, 11) is 0. The molecule has 0 bridgehead atoms. The highest BCUT2D eigenvalue weighted by molar-refractivity contribution is 5.67. The number of carboxylic acid groups (broad SMARTS) is 1. The van der Waals surface area contributed by atoms with Crippen molar-refractivity contribution in [3.05, 3.63) is 0 Å². The van der Waals surface area contributed by atoms with Crippen LogP contribution >= 0.6 is 0 Å². The molecule has 0 aliphatic heterocycles. The molecular formula is C9H19NO4. The molecule has 14 heavy (non-hydrogen) atoms. The third kappa shape index (κ3) is 6.82. The Morgan fingerprint density at radius 1 is 1.29 bits per heavy atom. The largest absolute Gasteiger partial charge is 0.481 e. The van der Waals surface area contributed by atoms with E-state index in [1.54, 1.807) is 0 Å². The standard InChI is InChI=1S/C9H19NO4/c1-6(2)8(12)5-10-4-7(11)3-9(13)14/h6-8,10-12H,3-5H2,1-2H3,(H,13,14). The molecule has 0 fully saturated rings. The fraction of sp³-hybridized carbons (Fsp3) is 0.889. The number of hydrogen-bond acceptors (Lipinski definition) is 4. The van der Waals surface area contributed by atoms with Gasteiger partial charge in [-0.1, -0.05) is 13.8 Å². The number of nitrogens with one attached hydrogen (secondary N) is 1. The van der Waals surface area contributed by atoms with Crippen molar-refractivity contribution < 1.29 is 20.1 Å². The van der Waals surface area contributed by atoms with Crippen molar-refractivity contribution in [2.45, 2.75) is 32.5 Å². The first-order chi connectivity index (χ1) is 6.43. The fourth-order valence-corrected chi connectivity index (χ4v) is 0.907. The molecule has 4 N–H and O–H groups in total. The zero-order valence-electron chi connectivity index (χ0n) is 8.60. The van der Waals surface area contributed by atoms with Crippen LogP contribution < -0.4 is 5.32 Å². The summed E-state index contributed by atoms with van der Waals surface area (Å²) in [5, 5.41) is 29.7. The summed E-state index contributed by atoms with van der Waals surface area (Å²) < 4.78 is 0. The Hall–Kier alpha value is -0.650. The molecule has 0 spiro atoms. The van der Waals surface area contributed by atoms with Gasteiger partial charge in [-0.15, -0.1) is 0 Å². The van der Waals surface area contributed by atoms with Crippen LogP contribution in [0.15, 0.2) is 0 Å². The Morgan fingerprint density at radius 3 is 2.29 bits per heavy atom. The van der Waals surface area contributed by atoms with Crippen molar-refractivity contribution in [1.29, 1.82) is 0 Å². The van der Waals surface area contributed by atoms with Crippen LogP contribution in [0.5, 0.6) is 0 Å². The van der Waals surface area contributed by atoms with E-state index in [0.717, 1.165) is 0 Å². The molecule has 0 radical (unpaired) electrons. The van der Waals surface area contributed by atoms with Crippen LogP contribution in [0.2, 0.25) is 0 Å². The van der Waals surface area contributed by atoms with Crippen molar-refractivity contribution in [3.8, 4) is 0 Å². The molecule has 0 aliphatic rings. The average molecular weight is 205 g/mol. The first kappa shape index (κ1) is 13.4. The molecule has 5 heteroatoms. The molecule has 0 amide bonds. The second-order valence-electron chi connectivity index (χ2n) is 3.72. The molecule has 0 rings (SSSR count). The molecule has 5 nitrogen and oxygen atoms in total. The molecule has 0 aromatic rings. The van der Waals surface area contributed by atoms with Gasteiger partial charge in [0, 0.05) is 13.1 Å². The zero-order valence-corrected chi connectivity index (χ0v) is 8.60. The Labute approximate surface area is 83.8 Å². The number of carboxylic acids is 1. The van der Waals surface area contributed by atoms with E-state index in [4.69, 9.17) is 10.2 Å². The Balaban J connectivity index is 3.48. The number of aliphatic hydroxyl groups excluding tert-OH is 2. The molecule has 0 aliphatic carbocycles. The maximum absolute atomic E-state index is 10.2.